The van der Waals surface area contributed by atoms with Crippen LogP contribution >= 0.6 is 11.8 Å². The lowest BCUT2D eigenvalue weighted by Crippen LogP contribution is -2.52. The van der Waals surface area contributed by atoms with Crippen molar-refractivity contribution in [3.8, 4) is 0 Å². The fraction of sp³-hybridized carbons (Fsp3) is 0.286. The van der Waals surface area contributed by atoms with Crippen molar-refractivity contribution >= 4 is 51.1 Å². The van der Waals surface area contributed by atoms with E-state index in [4.69, 9.17) is 0 Å². The van der Waals surface area contributed by atoms with Gasteiger partial charge in [0.2, 0.25) is 21.8 Å². The van der Waals surface area contributed by atoms with Crippen LogP contribution in [0.1, 0.15) is 18.4 Å². The number of hydrogen-bond acceptors (Lipinski definition) is 8. The van der Waals surface area contributed by atoms with Crippen molar-refractivity contribution in [3.05, 3.63) is 84.6 Å². The van der Waals surface area contributed by atoms with Crippen molar-refractivity contribution in [2.75, 3.05) is 28.8 Å². The van der Waals surface area contributed by atoms with E-state index >= 15 is 0 Å². The predicted octanol–water partition coefficient (Wildman–Crippen LogP) is 2.79. The molecule has 1 aliphatic heterocycles. The lowest BCUT2D eigenvalue weighted by molar-refractivity contribution is -0.142. The van der Waals surface area contributed by atoms with E-state index in [0.717, 1.165) is 10.1 Å². The maximum atomic E-state index is 13.1. The van der Waals surface area contributed by atoms with Gasteiger partial charge in [-0.25, -0.2) is 18.2 Å². The summed E-state index contributed by atoms with van der Waals surface area (Å²) in [5.41, 5.74) is 1.20. The van der Waals surface area contributed by atoms with Gasteiger partial charge in [-0.1, -0.05) is 36.4 Å². The Morgan fingerprint density at radius 3 is 2.44 bits per heavy atom. The Labute approximate surface area is 242 Å². The molecule has 0 bridgehead atoms. The number of benzene rings is 2. The minimum Gasteiger partial charge on any atom is -0.480 e. The van der Waals surface area contributed by atoms with Crippen LogP contribution in [0.3, 0.4) is 0 Å². The number of nitrogens with one attached hydrogen (secondary N) is 3. The zero-order valence-electron chi connectivity index (χ0n) is 22.1. The minimum absolute atomic E-state index is 0.0141. The molecule has 2 heterocycles. The Morgan fingerprint density at radius 1 is 1.02 bits per heavy atom. The van der Waals surface area contributed by atoms with Gasteiger partial charge in [-0.05, 0) is 48.4 Å². The molecule has 0 unspecified atom stereocenters. The van der Waals surface area contributed by atoms with Crippen LogP contribution in [0.4, 0.5) is 11.5 Å². The minimum atomic E-state index is -3.92. The van der Waals surface area contributed by atoms with E-state index in [2.05, 4.69) is 20.9 Å². The predicted molar refractivity (Wildman–Crippen MR) is 157 cm³/mol. The van der Waals surface area contributed by atoms with Crippen molar-refractivity contribution in [2.45, 2.75) is 36.2 Å². The number of aromatic nitrogens is 1. The van der Waals surface area contributed by atoms with Gasteiger partial charge in [0.1, 0.15) is 17.9 Å². The summed E-state index contributed by atoms with van der Waals surface area (Å²) in [6.45, 7) is 0.598. The second-order valence-corrected chi connectivity index (χ2v) is 12.2. The van der Waals surface area contributed by atoms with E-state index in [0.29, 0.717) is 30.6 Å². The molecule has 0 radical (unpaired) electrons. The van der Waals surface area contributed by atoms with Gasteiger partial charge in [0.25, 0.3) is 0 Å². The van der Waals surface area contributed by atoms with Gasteiger partial charge in [-0.3, -0.25) is 9.59 Å². The highest BCUT2D eigenvalue weighted by Gasteiger charge is 2.41. The summed E-state index contributed by atoms with van der Waals surface area (Å²) in [4.78, 5) is 41.5. The number of anilines is 2. The largest absolute Gasteiger partial charge is 0.480 e. The van der Waals surface area contributed by atoms with Crippen molar-refractivity contribution in [1.29, 1.82) is 0 Å². The molecule has 11 nitrogen and oxygen atoms in total. The molecule has 1 aliphatic rings. The van der Waals surface area contributed by atoms with Crippen molar-refractivity contribution in [1.82, 2.24) is 14.6 Å². The average Bonchev–Trinajstić information content (AvgIpc) is 3.48. The first-order valence-electron chi connectivity index (χ1n) is 13.0. The lowest BCUT2D eigenvalue weighted by atomic mass is 10.0. The van der Waals surface area contributed by atoms with Gasteiger partial charge in [0, 0.05) is 37.0 Å². The number of hydrogen-bond donors (Lipinski definition) is 4. The van der Waals surface area contributed by atoms with E-state index in [1.165, 1.54) is 23.9 Å². The molecule has 13 heteroatoms. The summed E-state index contributed by atoms with van der Waals surface area (Å²) in [7, 11) is -3.92. The third-order valence-corrected chi connectivity index (χ3v) is 9.38. The summed E-state index contributed by atoms with van der Waals surface area (Å²) in [6.07, 6.45) is 2.60. The zero-order chi connectivity index (χ0) is 29.2. The molecule has 0 aliphatic carbocycles. The summed E-state index contributed by atoms with van der Waals surface area (Å²) >= 11 is 1.29. The zero-order valence-corrected chi connectivity index (χ0v) is 23.7. The number of nitrogens with zero attached hydrogens (tertiary/aromatic N) is 2. The molecule has 4 N–H and O–H groups in total. The van der Waals surface area contributed by atoms with Crippen LogP contribution < -0.4 is 16.0 Å². The SMILES string of the molecule is O=C(CCCNc1ccccn1)Nc1ccc(C[C@H](NC(=O)[C@@H]2CSCN2S(=O)(=O)c2ccccc2)C(=O)O)cc1. The number of carboxylic acids is 1. The fourth-order valence-electron chi connectivity index (χ4n) is 4.18. The highest BCUT2D eigenvalue weighted by Crippen LogP contribution is 2.28. The second-order valence-electron chi connectivity index (χ2n) is 9.31. The van der Waals surface area contributed by atoms with E-state index in [-0.39, 0.29) is 28.9 Å². The lowest BCUT2D eigenvalue weighted by Gasteiger charge is -2.24. The Kier molecular flexibility index (Phi) is 10.3. The van der Waals surface area contributed by atoms with Crippen LogP contribution in [0.25, 0.3) is 0 Å². The molecule has 0 saturated carbocycles. The summed E-state index contributed by atoms with van der Waals surface area (Å²) < 4.78 is 27.3. The summed E-state index contributed by atoms with van der Waals surface area (Å²) in [6, 6.07) is 17.8. The highest BCUT2D eigenvalue weighted by molar-refractivity contribution is 8.00. The summed E-state index contributed by atoms with van der Waals surface area (Å²) in [5.74, 6) is -0.989. The molecule has 3 aromatic rings. The van der Waals surface area contributed by atoms with Gasteiger partial charge in [-0.15, -0.1) is 11.8 Å². The molecular formula is C28H31N5O6S2. The number of amides is 2. The molecule has 4 rings (SSSR count). The Morgan fingerprint density at radius 2 is 1.76 bits per heavy atom. The second kappa shape index (κ2) is 14.1. The Balaban J connectivity index is 1.29. The quantitative estimate of drug-likeness (QED) is 0.218. The number of aliphatic carboxylic acids is 1. The Hall–Kier alpha value is -3.94. The van der Waals surface area contributed by atoms with Crippen LogP contribution in [0.15, 0.2) is 83.9 Å². The van der Waals surface area contributed by atoms with Crippen LogP contribution in [-0.4, -0.2) is 70.9 Å². The number of carboxylic acid groups (broad SMARTS) is 1. The number of rotatable bonds is 13. The maximum Gasteiger partial charge on any atom is 0.326 e. The molecule has 2 amide bonds. The van der Waals surface area contributed by atoms with Gasteiger partial charge in [-0.2, -0.15) is 4.31 Å². The van der Waals surface area contributed by atoms with Crippen LogP contribution in [0, 0.1) is 0 Å². The number of sulfonamides is 1. The number of pyridine rings is 1. The molecule has 1 fully saturated rings. The molecule has 2 atom stereocenters. The van der Waals surface area contributed by atoms with Crippen LogP contribution in [0.2, 0.25) is 0 Å². The van der Waals surface area contributed by atoms with E-state index < -0.39 is 34.0 Å². The monoisotopic (exact) mass is 597 g/mol. The van der Waals surface area contributed by atoms with Crippen LogP contribution in [-0.2, 0) is 30.8 Å². The van der Waals surface area contributed by atoms with Crippen molar-refractivity contribution < 1.29 is 27.9 Å². The normalized spacial score (nSPS) is 16.0. The van der Waals surface area contributed by atoms with E-state index in [1.54, 1.807) is 48.7 Å². The third kappa shape index (κ3) is 8.28. The van der Waals surface area contributed by atoms with Crippen LogP contribution in [0.5, 0.6) is 0 Å². The van der Waals surface area contributed by atoms with Gasteiger partial charge in [0.05, 0.1) is 10.8 Å². The Bertz CT molecular complexity index is 1440. The van der Waals surface area contributed by atoms with E-state index in [1.807, 2.05) is 18.2 Å². The number of carbonyl (C=O) groups excluding carboxylic acids is 2. The highest BCUT2D eigenvalue weighted by atomic mass is 32.2. The van der Waals surface area contributed by atoms with Crippen molar-refractivity contribution in [2.24, 2.45) is 0 Å². The molecule has 1 aromatic heterocycles. The van der Waals surface area contributed by atoms with Gasteiger partial charge < -0.3 is 21.1 Å². The fourth-order valence-corrected chi connectivity index (χ4v) is 7.35. The molecule has 1 saturated heterocycles. The third-order valence-electron chi connectivity index (χ3n) is 6.34. The molecular weight excluding hydrogens is 566 g/mol. The smallest absolute Gasteiger partial charge is 0.326 e. The topological polar surface area (TPSA) is 158 Å². The van der Waals surface area contributed by atoms with Gasteiger partial charge in [0.15, 0.2) is 0 Å². The summed E-state index contributed by atoms with van der Waals surface area (Å²) in [5, 5.41) is 18.2. The van der Waals surface area contributed by atoms with E-state index in [9.17, 15) is 27.9 Å². The standard InChI is InChI=1S/C28H31N5O6S2/c34-26(10-6-16-30-25-9-4-5-15-29-25)31-21-13-11-20(12-14-21)17-23(28(36)37)32-27(35)24-18-40-19-33(24)41(38,39)22-7-2-1-3-8-22/h1-5,7-9,11-15,23-24H,6,10,16-19H2,(H,29,30)(H,31,34)(H,32,35)(H,36,37)/t23-,24-/m0/s1. The number of carbonyl (C=O) groups is 3. The van der Waals surface area contributed by atoms with Crippen molar-refractivity contribution in [3.63, 3.8) is 0 Å². The first kappa shape index (κ1) is 30.0. The molecule has 41 heavy (non-hydrogen) atoms. The average molecular weight is 598 g/mol. The van der Waals surface area contributed by atoms with Gasteiger partial charge >= 0.3 is 5.97 Å². The molecule has 0 spiro atoms. The maximum absolute atomic E-state index is 13.1. The first-order chi connectivity index (χ1) is 19.7. The number of thioether (sulfide) groups is 1. The first-order valence-corrected chi connectivity index (χ1v) is 15.5. The molecule has 2 aromatic carbocycles. The molecule has 216 valence electrons.